The molecule has 0 saturated carbocycles. The molecule has 0 spiro atoms. The summed E-state index contributed by atoms with van der Waals surface area (Å²) < 4.78 is 5.24. The van der Waals surface area contributed by atoms with E-state index in [1.807, 2.05) is 0 Å². The third-order valence-electron chi connectivity index (χ3n) is 2.38. The SMILES string of the molecule is O=C(O)c1cc(Oc2ncc(Cl)cc2[N+](=O)[O-])ccc1Cl. The summed E-state index contributed by atoms with van der Waals surface area (Å²) in [7, 11) is 0. The first-order valence-corrected chi connectivity index (χ1v) is 6.14. The van der Waals surface area contributed by atoms with Crippen molar-refractivity contribution in [1.82, 2.24) is 4.98 Å². The molecule has 1 N–H and O–H groups in total. The zero-order valence-corrected chi connectivity index (χ0v) is 11.6. The first-order chi connectivity index (χ1) is 9.88. The molecule has 0 aliphatic rings. The van der Waals surface area contributed by atoms with Crippen molar-refractivity contribution in [2.24, 2.45) is 0 Å². The average Bonchev–Trinajstić information content (AvgIpc) is 2.42. The van der Waals surface area contributed by atoms with Gasteiger partial charge in [-0.05, 0) is 18.2 Å². The molecule has 108 valence electrons. The average molecular weight is 329 g/mol. The Bertz CT molecular complexity index is 736. The Balaban J connectivity index is 2.41. The fraction of sp³-hybridized carbons (Fsp3) is 0. The molecule has 2 rings (SSSR count). The van der Waals surface area contributed by atoms with E-state index in [4.69, 9.17) is 33.0 Å². The number of halogens is 2. The molecule has 0 bridgehead atoms. The van der Waals surface area contributed by atoms with Gasteiger partial charge in [0.1, 0.15) is 5.75 Å². The number of aromatic nitrogens is 1. The molecule has 21 heavy (non-hydrogen) atoms. The highest BCUT2D eigenvalue weighted by Crippen LogP contribution is 2.32. The van der Waals surface area contributed by atoms with Gasteiger partial charge in [0.25, 0.3) is 5.88 Å². The van der Waals surface area contributed by atoms with Crippen molar-refractivity contribution in [3.05, 3.63) is 56.2 Å². The maximum absolute atomic E-state index is 11.0. The highest BCUT2D eigenvalue weighted by atomic mass is 35.5. The number of ether oxygens (including phenoxy) is 1. The Morgan fingerprint density at radius 3 is 2.67 bits per heavy atom. The van der Waals surface area contributed by atoms with Gasteiger partial charge < -0.3 is 9.84 Å². The second-order valence-corrected chi connectivity index (χ2v) is 4.63. The maximum Gasteiger partial charge on any atom is 0.337 e. The lowest BCUT2D eigenvalue weighted by Crippen LogP contribution is -1.99. The maximum atomic E-state index is 11.0. The highest BCUT2D eigenvalue weighted by molar-refractivity contribution is 6.33. The third kappa shape index (κ3) is 3.39. The predicted molar refractivity (Wildman–Crippen MR) is 74.4 cm³/mol. The van der Waals surface area contributed by atoms with E-state index in [1.54, 1.807) is 0 Å². The minimum Gasteiger partial charge on any atom is -0.478 e. The lowest BCUT2D eigenvalue weighted by molar-refractivity contribution is -0.386. The summed E-state index contributed by atoms with van der Waals surface area (Å²) in [6, 6.07) is 4.90. The summed E-state index contributed by atoms with van der Waals surface area (Å²) in [5, 5.41) is 20.0. The smallest absolute Gasteiger partial charge is 0.337 e. The fourth-order valence-electron chi connectivity index (χ4n) is 1.47. The Morgan fingerprint density at radius 2 is 2.05 bits per heavy atom. The minimum atomic E-state index is -1.25. The van der Waals surface area contributed by atoms with E-state index in [0.29, 0.717) is 0 Å². The van der Waals surface area contributed by atoms with Gasteiger partial charge in [-0.1, -0.05) is 23.2 Å². The second kappa shape index (κ2) is 5.94. The van der Waals surface area contributed by atoms with Crippen LogP contribution in [0.2, 0.25) is 10.0 Å². The zero-order chi connectivity index (χ0) is 15.6. The van der Waals surface area contributed by atoms with Crippen LogP contribution >= 0.6 is 23.2 Å². The molecule has 0 unspecified atom stereocenters. The van der Waals surface area contributed by atoms with Gasteiger partial charge in [0.2, 0.25) is 0 Å². The molecular formula is C12H6Cl2N2O5. The number of carboxylic acids is 1. The Morgan fingerprint density at radius 1 is 1.33 bits per heavy atom. The summed E-state index contributed by atoms with van der Waals surface area (Å²) in [5.41, 5.74) is -0.625. The molecule has 0 aliphatic carbocycles. The van der Waals surface area contributed by atoms with Crippen molar-refractivity contribution < 1.29 is 19.6 Å². The molecule has 7 nitrogen and oxygen atoms in total. The molecule has 1 heterocycles. The lowest BCUT2D eigenvalue weighted by Gasteiger charge is -2.07. The van der Waals surface area contributed by atoms with Crippen molar-refractivity contribution in [2.45, 2.75) is 0 Å². The number of hydrogen-bond acceptors (Lipinski definition) is 5. The summed E-state index contributed by atoms with van der Waals surface area (Å²) in [4.78, 5) is 24.9. The molecule has 0 fully saturated rings. The van der Waals surface area contributed by atoms with Crippen LogP contribution in [0.4, 0.5) is 5.69 Å². The van der Waals surface area contributed by atoms with E-state index in [2.05, 4.69) is 4.98 Å². The topological polar surface area (TPSA) is 103 Å². The standard InChI is InChI=1S/C12H6Cl2N2O5/c13-6-3-10(16(19)20)11(15-5-6)21-7-1-2-9(14)8(4-7)12(17)18/h1-5H,(H,17,18). The molecule has 0 amide bonds. The molecule has 2 aromatic rings. The number of nitrogens with zero attached hydrogens (tertiary/aromatic N) is 2. The first kappa shape index (κ1) is 15.0. The van der Waals surface area contributed by atoms with Gasteiger partial charge in [-0.15, -0.1) is 0 Å². The Labute approximate surface area is 127 Å². The number of hydrogen-bond donors (Lipinski definition) is 1. The number of aromatic carboxylic acids is 1. The third-order valence-corrected chi connectivity index (χ3v) is 2.91. The van der Waals surface area contributed by atoms with Crippen LogP contribution in [0.1, 0.15) is 10.4 Å². The second-order valence-electron chi connectivity index (χ2n) is 3.78. The highest BCUT2D eigenvalue weighted by Gasteiger charge is 2.19. The van der Waals surface area contributed by atoms with Crippen LogP contribution in [0.3, 0.4) is 0 Å². The van der Waals surface area contributed by atoms with E-state index >= 15 is 0 Å². The molecule has 0 atom stereocenters. The molecule has 0 aliphatic heterocycles. The van der Waals surface area contributed by atoms with Crippen LogP contribution in [-0.4, -0.2) is 21.0 Å². The molecule has 1 aromatic carbocycles. The van der Waals surface area contributed by atoms with Gasteiger partial charge in [-0.2, -0.15) is 0 Å². The van der Waals surface area contributed by atoms with Crippen molar-refractivity contribution in [1.29, 1.82) is 0 Å². The number of nitro groups is 1. The minimum absolute atomic E-state index is 0.0217. The van der Waals surface area contributed by atoms with Crippen LogP contribution in [-0.2, 0) is 0 Å². The molecule has 9 heteroatoms. The van der Waals surface area contributed by atoms with Crippen LogP contribution in [0.15, 0.2) is 30.5 Å². The number of carboxylic acid groups (broad SMARTS) is 1. The quantitative estimate of drug-likeness (QED) is 0.676. The Kier molecular flexibility index (Phi) is 4.25. The van der Waals surface area contributed by atoms with Gasteiger partial charge in [-0.3, -0.25) is 10.1 Å². The molecule has 0 saturated heterocycles. The van der Waals surface area contributed by atoms with Gasteiger partial charge in [0, 0.05) is 6.07 Å². The number of carbonyl (C=O) groups is 1. The normalized spacial score (nSPS) is 10.2. The molecule has 1 aromatic heterocycles. The molecule has 0 radical (unpaired) electrons. The summed E-state index contributed by atoms with van der Waals surface area (Å²) in [6.07, 6.45) is 1.18. The van der Waals surface area contributed by atoms with Crippen LogP contribution in [0.25, 0.3) is 0 Å². The number of rotatable bonds is 4. The zero-order valence-electron chi connectivity index (χ0n) is 10.1. The van der Waals surface area contributed by atoms with E-state index < -0.39 is 16.6 Å². The molecular weight excluding hydrogens is 323 g/mol. The number of pyridine rings is 1. The van der Waals surface area contributed by atoms with Crippen molar-refractivity contribution in [3.63, 3.8) is 0 Å². The van der Waals surface area contributed by atoms with Gasteiger partial charge in [0.15, 0.2) is 0 Å². The van der Waals surface area contributed by atoms with Crippen molar-refractivity contribution >= 4 is 34.9 Å². The van der Waals surface area contributed by atoms with Crippen LogP contribution in [0.5, 0.6) is 11.6 Å². The lowest BCUT2D eigenvalue weighted by atomic mass is 10.2. The summed E-state index contributed by atoms with van der Waals surface area (Å²) in [6.45, 7) is 0. The number of benzene rings is 1. The monoisotopic (exact) mass is 328 g/mol. The summed E-state index contributed by atoms with van der Waals surface area (Å²) in [5.74, 6) is -1.50. The van der Waals surface area contributed by atoms with E-state index in [9.17, 15) is 14.9 Å². The van der Waals surface area contributed by atoms with Crippen LogP contribution < -0.4 is 4.74 Å². The van der Waals surface area contributed by atoms with Crippen molar-refractivity contribution in [2.75, 3.05) is 0 Å². The van der Waals surface area contributed by atoms with E-state index in [1.165, 1.54) is 18.3 Å². The van der Waals surface area contributed by atoms with E-state index in [0.717, 1.165) is 12.1 Å². The first-order valence-electron chi connectivity index (χ1n) is 5.39. The fourth-order valence-corrected chi connectivity index (χ4v) is 1.82. The predicted octanol–water partition coefficient (Wildman–Crippen LogP) is 3.79. The van der Waals surface area contributed by atoms with E-state index in [-0.39, 0.29) is 27.2 Å². The largest absolute Gasteiger partial charge is 0.478 e. The van der Waals surface area contributed by atoms with Crippen molar-refractivity contribution in [3.8, 4) is 11.6 Å². The van der Waals surface area contributed by atoms with Gasteiger partial charge in [-0.25, -0.2) is 9.78 Å². The van der Waals surface area contributed by atoms with Crippen LogP contribution in [0, 0.1) is 10.1 Å². The summed E-state index contributed by atoms with van der Waals surface area (Å²) >= 11 is 11.4. The van der Waals surface area contributed by atoms with Gasteiger partial charge >= 0.3 is 11.7 Å². The Hall–Kier alpha value is -2.38. The van der Waals surface area contributed by atoms with Gasteiger partial charge in [0.05, 0.1) is 26.7 Å².